The SMILES string of the molecule is O=Cc1[nH]c2ccccc2c1CCCO. The van der Waals surface area contributed by atoms with Crippen LogP contribution < -0.4 is 0 Å². The largest absolute Gasteiger partial charge is 0.396 e. The summed E-state index contributed by atoms with van der Waals surface area (Å²) in [5.74, 6) is 0. The molecule has 0 amide bonds. The predicted molar refractivity (Wildman–Crippen MR) is 59.1 cm³/mol. The molecule has 0 fully saturated rings. The van der Waals surface area contributed by atoms with Crippen LogP contribution in [0.2, 0.25) is 0 Å². The van der Waals surface area contributed by atoms with Crippen LogP contribution >= 0.6 is 0 Å². The third-order valence-corrected chi connectivity index (χ3v) is 2.55. The molecule has 0 atom stereocenters. The molecule has 0 saturated heterocycles. The van der Waals surface area contributed by atoms with E-state index in [-0.39, 0.29) is 6.61 Å². The normalized spacial score (nSPS) is 10.7. The summed E-state index contributed by atoms with van der Waals surface area (Å²) in [6.45, 7) is 0.151. The van der Waals surface area contributed by atoms with E-state index < -0.39 is 0 Å². The molecular formula is C12H13NO2. The van der Waals surface area contributed by atoms with Crippen LogP contribution in [0.3, 0.4) is 0 Å². The van der Waals surface area contributed by atoms with Crippen LogP contribution in [0, 0.1) is 0 Å². The summed E-state index contributed by atoms with van der Waals surface area (Å²) in [5.41, 5.74) is 2.62. The highest BCUT2D eigenvalue weighted by Crippen LogP contribution is 2.22. The fourth-order valence-corrected chi connectivity index (χ4v) is 1.85. The van der Waals surface area contributed by atoms with E-state index in [9.17, 15) is 4.79 Å². The Hall–Kier alpha value is -1.61. The minimum absolute atomic E-state index is 0.151. The summed E-state index contributed by atoms with van der Waals surface area (Å²) in [5, 5.41) is 9.88. The van der Waals surface area contributed by atoms with Crippen LogP contribution in [0.5, 0.6) is 0 Å². The number of carbonyl (C=O) groups is 1. The van der Waals surface area contributed by atoms with Crippen molar-refractivity contribution in [2.45, 2.75) is 12.8 Å². The zero-order valence-corrected chi connectivity index (χ0v) is 8.36. The molecule has 15 heavy (non-hydrogen) atoms. The molecule has 0 aliphatic rings. The molecule has 0 unspecified atom stereocenters. The summed E-state index contributed by atoms with van der Waals surface area (Å²) in [6.07, 6.45) is 2.25. The van der Waals surface area contributed by atoms with E-state index in [0.717, 1.165) is 29.2 Å². The maximum atomic E-state index is 10.9. The van der Waals surface area contributed by atoms with E-state index in [1.165, 1.54) is 0 Å². The van der Waals surface area contributed by atoms with Gasteiger partial charge in [-0.05, 0) is 24.5 Å². The molecule has 1 aromatic heterocycles. The van der Waals surface area contributed by atoms with Gasteiger partial charge in [-0.2, -0.15) is 0 Å². The standard InChI is InChI=1S/C12H13NO2/c14-7-3-5-10-9-4-1-2-6-11(9)13-12(10)8-15/h1-2,4,6,8,13-14H,3,5,7H2. The highest BCUT2D eigenvalue weighted by Gasteiger charge is 2.09. The zero-order valence-electron chi connectivity index (χ0n) is 8.36. The van der Waals surface area contributed by atoms with E-state index in [4.69, 9.17) is 5.11 Å². The molecule has 0 saturated carbocycles. The third kappa shape index (κ3) is 1.78. The van der Waals surface area contributed by atoms with Crippen LogP contribution in [0.4, 0.5) is 0 Å². The first-order chi connectivity index (χ1) is 7.36. The molecule has 3 nitrogen and oxygen atoms in total. The van der Waals surface area contributed by atoms with Gasteiger partial charge < -0.3 is 10.1 Å². The Morgan fingerprint density at radius 1 is 1.33 bits per heavy atom. The number of aromatic nitrogens is 1. The predicted octanol–water partition coefficient (Wildman–Crippen LogP) is 1.91. The van der Waals surface area contributed by atoms with Crippen molar-refractivity contribution in [3.05, 3.63) is 35.5 Å². The molecular weight excluding hydrogens is 190 g/mol. The summed E-state index contributed by atoms with van der Waals surface area (Å²) in [4.78, 5) is 13.9. The first kappa shape index (κ1) is 9.93. The van der Waals surface area contributed by atoms with Gasteiger partial charge in [0.15, 0.2) is 6.29 Å². The molecule has 2 N–H and O–H groups in total. The maximum Gasteiger partial charge on any atom is 0.166 e. The highest BCUT2D eigenvalue weighted by molar-refractivity contribution is 5.92. The number of hydrogen-bond acceptors (Lipinski definition) is 2. The molecule has 2 rings (SSSR count). The van der Waals surface area contributed by atoms with Crippen molar-refractivity contribution in [2.24, 2.45) is 0 Å². The maximum absolute atomic E-state index is 10.9. The van der Waals surface area contributed by atoms with Gasteiger partial charge in [0, 0.05) is 17.5 Å². The Kier molecular flexibility index (Phi) is 2.83. The fraction of sp³-hybridized carbons (Fsp3) is 0.250. The molecule has 78 valence electrons. The Morgan fingerprint density at radius 2 is 2.13 bits per heavy atom. The van der Waals surface area contributed by atoms with Crippen molar-refractivity contribution >= 4 is 17.2 Å². The van der Waals surface area contributed by atoms with Gasteiger partial charge in [0.2, 0.25) is 0 Å². The number of aryl methyl sites for hydroxylation is 1. The lowest BCUT2D eigenvalue weighted by Gasteiger charge is -1.98. The topological polar surface area (TPSA) is 53.1 Å². The number of H-pyrrole nitrogens is 1. The van der Waals surface area contributed by atoms with E-state index in [0.29, 0.717) is 12.1 Å². The smallest absolute Gasteiger partial charge is 0.166 e. The van der Waals surface area contributed by atoms with Gasteiger partial charge in [0.1, 0.15) is 0 Å². The highest BCUT2D eigenvalue weighted by atomic mass is 16.2. The Balaban J connectivity index is 2.51. The molecule has 0 aliphatic heterocycles. The molecule has 0 radical (unpaired) electrons. The summed E-state index contributed by atoms with van der Waals surface area (Å²) >= 11 is 0. The van der Waals surface area contributed by atoms with Crippen LogP contribution in [0.15, 0.2) is 24.3 Å². The molecule has 1 aromatic carbocycles. The number of aromatic amines is 1. The van der Waals surface area contributed by atoms with Crippen LogP contribution in [0.1, 0.15) is 22.5 Å². The fourth-order valence-electron chi connectivity index (χ4n) is 1.85. The Morgan fingerprint density at radius 3 is 2.87 bits per heavy atom. The molecule has 1 heterocycles. The second-order valence-electron chi connectivity index (χ2n) is 3.51. The van der Waals surface area contributed by atoms with Crippen molar-refractivity contribution in [1.82, 2.24) is 4.98 Å². The molecule has 2 aromatic rings. The van der Waals surface area contributed by atoms with Gasteiger partial charge in [0.05, 0.1) is 5.69 Å². The molecule has 0 spiro atoms. The minimum atomic E-state index is 0.151. The molecule has 0 bridgehead atoms. The number of benzene rings is 1. The van der Waals surface area contributed by atoms with Gasteiger partial charge in [-0.1, -0.05) is 18.2 Å². The lowest BCUT2D eigenvalue weighted by molar-refractivity contribution is 0.111. The lowest BCUT2D eigenvalue weighted by atomic mass is 10.1. The van der Waals surface area contributed by atoms with Crippen molar-refractivity contribution in [3.8, 4) is 0 Å². The molecule has 3 heteroatoms. The number of nitrogens with one attached hydrogen (secondary N) is 1. The number of rotatable bonds is 4. The third-order valence-electron chi connectivity index (χ3n) is 2.55. The first-order valence-corrected chi connectivity index (χ1v) is 5.02. The van der Waals surface area contributed by atoms with E-state index >= 15 is 0 Å². The number of aliphatic hydroxyl groups excluding tert-OH is 1. The van der Waals surface area contributed by atoms with Gasteiger partial charge in [-0.25, -0.2) is 0 Å². The number of carbonyl (C=O) groups excluding carboxylic acids is 1. The average Bonchev–Trinajstić information content (AvgIpc) is 2.64. The number of aldehydes is 1. The first-order valence-electron chi connectivity index (χ1n) is 5.02. The number of para-hydroxylation sites is 1. The van der Waals surface area contributed by atoms with Gasteiger partial charge in [0.25, 0.3) is 0 Å². The van der Waals surface area contributed by atoms with Crippen molar-refractivity contribution in [2.75, 3.05) is 6.61 Å². The number of hydrogen-bond donors (Lipinski definition) is 2. The number of aliphatic hydroxyl groups is 1. The summed E-state index contributed by atoms with van der Waals surface area (Å²) < 4.78 is 0. The second kappa shape index (κ2) is 4.28. The summed E-state index contributed by atoms with van der Waals surface area (Å²) in [6, 6.07) is 7.83. The van der Waals surface area contributed by atoms with E-state index in [2.05, 4.69) is 4.98 Å². The Labute approximate surface area is 87.7 Å². The summed E-state index contributed by atoms with van der Waals surface area (Å²) in [7, 11) is 0. The van der Waals surface area contributed by atoms with Crippen molar-refractivity contribution in [1.29, 1.82) is 0 Å². The van der Waals surface area contributed by atoms with Crippen LogP contribution in [-0.4, -0.2) is 23.0 Å². The monoisotopic (exact) mass is 203 g/mol. The van der Waals surface area contributed by atoms with Crippen molar-refractivity contribution in [3.63, 3.8) is 0 Å². The second-order valence-corrected chi connectivity index (χ2v) is 3.51. The Bertz CT molecular complexity index is 473. The van der Waals surface area contributed by atoms with Crippen molar-refractivity contribution < 1.29 is 9.90 Å². The van der Waals surface area contributed by atoms with Gasteiger partial charge in [-0.3, -0.25) is 4.79 Å². The van der Waals surface area contributed by atoms with E-state index in [1.54, 1.807) is 0 Å². The van der Waals surface area contributed by atoms with E-state index in [1.807, 2.05) is 24.3 Å². The number of fused-ring (bicyclic) bond motifs is 1. The van der Waals surface area contributed by atoms with Crippen LogP contribution in [-0.2, 0) is 6.42 Å². The zero-order chi connectivity index (χ0) is 10.7. The van der Waals surface area contributed by atoms with Gasteiger partial charge in [-0.15, -0.1) is 0 Å². The minimum Gasteiger partial charge on any atom is -0.396 e. The average molecular weight is 203 g/mol. The van der Waals surface area contributed by atoms with Crippen LogP contribution in [0.25, 0.3) is 10.9 Å². The molecule has 0 aliphatic carbocycles. The quantitative estimate of drug-likeness (QED) is 0.746. The lowest BCUT2D eigenvalue weighted by Crippen LogP contribution is -1.92. The van der Waals surface area contributed by atoms with Gasteiger partial charge >= 0.3 is 0 Å².